The van der Waals surface area contributed by atoms with Gasteiger partial charge in [0, 0.05) is 6.42 Å². The molecule has 25 heavy (non-hydrogen) atoms. The smallest absolute Gasteiger partial charge is 0.295 e. The fourth-order valence-corrected chi connectivity index (χ4v) is 7.43. The maximum atomic E-state index is 11.9. The number of carbonyl (C=O) groups excluding carboxylic acids is 1. The summed E-state index contributed by atoms with van der Waals surface area (Å²) < 4.78 is 36.7. The van der Waals surface area contributed by atoms with E-state index in [0.29, 0.717) is 30.6 Å². The zero-order valence-electron chi connectivity index (χ0n) is 15.0. The van der Waals surface area contributed by atoms with E-state index in [2.05, 4.69) is 13.8 Å². The first kappa shape index (κ1) is 17.7. The minimum absolute atomic E-state index is 0.125. The van der Waals surface area contributed by atoms with Gasteiger partial charge < -0.3 is 0 Å². The number of hydrogen-bond donors (Lipinski definition) is 1. The Morgan fingerprint density at radius 1 is 1.08 bits per heavy atom. The number of ketones is 1. The van der Waals surface area contributed by atoms with Crippen molar-refractivity contribution in [3.63, 3.8) is 0 Å². The van der Waals surface area contributed by atoms with Gasteiger partial charge in [0.2, 0.25) is 0 Å². The molecule has 6 atom stereocenters. The average molecular weight is 368 g/mol. The van der Waals surface area contributed by atoms with Gasteiger partial charge in [-0.3, -0.25) is 9.35 Å². The lowest BCUT2D eigenvalue weighted by Crippen LogP contribution is -2.51. The maximum absolute atomic E-state index is 11.9. The van der Waals surface area contributed by atoms with Crippen LogP contribution in [0, 0.1) is 28.6 Å². The summed E-state index contributed by atoms with van der Waals surface area (Å²) in [6, 6.07) is 0. The van der Waals surface area contributed by atoms with E-state index >= 15 is 0 Å². The second-order valence-electron chi connectivity index (χ2n) is 9.10. The Bertz CT molecular complexity index is 726. The van der Waals surface area contributed by atoms with E-state index in [-0.39, 0.29) is 16.6 Å². The third kappa shape index (κ3) is 2.72. The van der Waals surface area contributed by atoms with Crippen molar-refractivity contribution < 1.29 is 21.9 Å². The molecule has 0 aromatic rings. The van der Waals surface area contributed by atoms with Crippen LogP contribution in [-0.2, 0) is 19.4 Å². The van der Waals surface area contributed by atoms with Gasteiger partial charge in [-0.2, -0.15) is 8.42 Å². The summed E-state index contributed by atoms with van der Waals surface area (Å²) >= 11 is 0. The van der Waals surface area contributed by atoms with Crippen LogP contribution in [-0.4, -0.2) is 24.9 Å². The van der Waals surface area contributed by atoms with Crippen LogP contribution in [0.1, 0.15) is 65.2 Å². The highest BCUT2D eigenvalue weighted by atomic mass is 32.3. The molecule has 0 saturated heterocycles. The second kappa shape index (κ2) is 5.64. The number of rotatable bonds is 2. The van der Waals surface area contributed by atoms with Crippen LogP contribution in [0.15, 0.2) is 11.6 Å². The van der Waals surface area contributed by atoms with Crippen molar-refractivity contribution in [3.8, 4) is 0 Å². The maximum Gasteiger partial charge on any atom is 0.397 e. The van der Waals surface area contributed by atoms with Crippen molar-refractivity contribution in [1.29, 1.82) is 0 Å². The van der Waals surface area contributed by atoms with Crippen LogP contribution in [0.4, 0.5) is 0 Å². The molecule has 4 aliphatic rings. The van der Waals surface area contributed by atoms with Gasteiger partial charge in [-0.05, 0) is 79.6 Å². The molecule has 4 aliphatic carbocycles. The van der Waals surface area contributed by atoms with Crippen molar-refractivity contribution in [2.45, 2.75) is 71.3 Å². The predicted octanol–water partition coefficient (Wildman–Crippen LogP) is 3.71. The fraction of sp³-hybridized carbons (Fsp3) is 0.842. The molecule has 0 aromatic carbocycles. The lowest BCUT2D eigenvalue weighted by Gasteiger charge is -2.57. The monoisotopic (exact) mass is 368 g/mol. The second-order valence-corrected chi connectivity index (χ2v) is 10.2. The molecule has 0 heterocycles. The van der Waals surface area contributed by atoms with Crippen LogP contribution >= 0.6 is 0 Å². The highest BCUT2D eigenvalue weighted by Gasteiger charge is 2.59. The van der Waals surface area contributed by atoms with Crippen LogP contribution in [0.5, 0.6) is 0 Å². The zero-order valence-corrected chi connectivity index (χ0v) is 15.8. The van der Waals surface area contributed by atoms with Crippen LogP contribution in [0.3, 0.4) is 0 Å². The largest absolute Gasteiger partial charge is 0.397 e. The normalized spacial score (nSPS) is 46.8. The molecule has 0 amide bonds. The molecule has 0 radical (unpaired) electrons. The van der Waals surface area contributed by atoms with Gasteiger partial charge in [0.15, 0.2) is 5.78 Å². The average Bonchev–Trinajstić information content (AvgIpc) is 2.83. The van der Waals surface area contributed by atoms with Gasteiger partial charge in [-0.25, -0.2) is 4.18 Å². The third-order valence-electron chi connectivity index (χ3n) is 8.11. The molecule has 0 bridgehead atoms. The van der Waals surface area contributed by atoms with Gasteiger partial charge in [0.25, 0.3) is 0 Å². The van der Waals surface area contributed by atoms with Crippen LogP contribution in [0.2, 0.25) is 0 Å². The number of carbonyl (C=O) groups is 1. The summed E-state index contributed by atoms with van der Waals surface area (Å²) in [6.45, 7) is 4.49. The molecule has 3 fully saturated rings. The summed E-state index contributed by atoms with van der Waals surface area (Å²) in [6.07, 6.45) is 8.80. The molecule has 140 valence electrons. The Labute approximate surface area is 150 Å². The number of hydrogen-bond acceptors (Lipinski definition) is 4. The summed E-state index contributed by atoms with van der Waals surface area (Å²) in [7, 11) is -4.41. The molecule has 4 rings (SSSR count). The molecule has 0 aliphatic heterocycles. The lowest BCUT2D eigenvalue weighted by atomic mass is 9.47. The Morgan fingerprint density at radius 2 is 1.84 bits per heavy atom. The summed E-state index contributed by atoms with van der Waals surface area (Å²) in [5.41, 5.74) is 1.29. The Hall–Kier alpha value is -0.720. The van der Waals surface area contributed by atoms with E-state index in [1.165, 1.54) is 5.57 Å². The first-order valence-corrected chi connectivity index (χ1v) is 10.9. The standard InChI is InChI=1S/C19H28O5S/c1-18-9-7-13(20)11-12(18)3-4-14-15-5-6-17(24-25(21,22)23)19(15,2)10-8-16(14)18/h11,14-17H,3-10H2,1-2H3,(H,21,22,23)/t14-,15-,16-,17-,18-,19-/m0/s1. The van der Waals surface area contributed by atoms with Crippen molar-refractivity contribution >= 4 is 16.2 Å². The fourth-order valence-electron chi connectivity index (χ4n) is 6.82. The van der Waals surface area contributed by atoms with E-state index in [4.69, 9.17) is 8.74 Å². The molecule has 3 saturated carbocycles. The first-order valence-electron chi connectivity index (χ1n) is 9.53. The number of allylic oxidation sites excluding steroid dienone is 1. The highest BCUT2D eigenvalue weighted by molar-refractivity contribution is 7.80. The quantitative estimate of drug-likeness (QED) is 0.752. The molecular weight excluding hydrogens is 340 g/mol. The molecular formula is C19H28O5S. The van der Waals surface area contributed by atoms with Gasteiger partial charge in [-0.15, -0.1) is 0 Å². The minimum atomic E-state index is -4.41. The van der Waals surface area contributed by atoms with Gasteiger partial charge >= 0.3 is 10.4 Å². The van der Waals surface area contributed by atoms with Crippen molar-refractivity contribution in [2.24, 2.45) is 28.6 Å². The Morgan fingerprint density at radius 3 is 2.56 bits per heavy atom. The third-order valence-corrected chi connectivity index (χ3v) is 8.59. The van der Waals surface area contributed by atoms with Gasteiger partial charge in [0.1, 0.15) is 0 Å². The zero-order chi connectivity index (χ0) is 18.0. The van der Waals surface area contributed by atoms with Crippen molar-refractivity contribution in [3.05, 3.63) is 11.6 Å². The van der Waals surface area contributed by atoms with Gasteiger partial charge in [0.05, 0.1) is 6.10 Å². The molecule has 6 heteroatoms. The minimum Gasteiger partial charge on any atom is -0.295 e. The topological polar surface area (TPSA) is 80.7 Å². The van der Waals surface area contributed by atoms with Crippen molar-refractivity contribution in [2.75, 3.05) is 0 Å². The highest BCUT2D eigenvalue weighted by Crippen LogP contribution is 2.65. The first-order chi connectivity index (χ1) is 11.6. The molecule has 5 nitrogen and oxygen atoms in total. The molecule has 0 spiro atoms. The predicted molar refractivity (Wildman–Crippen MR) is 93.1 cm³/mol. The van der Waals surface area contributed by atoms with E-state index < -0.39 is 16.5 Å². The summed E-state index contributed by atoms with van der Waals surface area (Å²) in [4.78, 5) is 11.9. The van der Waals surface area contributed by atoms with E-state index in [0.717, 1.165) is 38.5 Å². The van der Waals surface area contributed by atoms with Crippen LogP contribution < -0.4 is 0 Å². The van der Waals surface area contributed by atoms with E-state index in [9.17, 15) is 13.2 Å². The molecule has 0 unspecified atom stereocenters. The lowest BCUT2D eigenvalue weighted by molar-refractivity contribution is -0.117. The Kier molecular flexibility index (Phi) is 3.99. The Balaban J connectivity index is 1.62. The van der Waals surface area contributed by atoms with E-state index in [1.54, 1.807) is 0 Å². The van der Waals surface area contributed by atoms with Crippen LogP contribution in [0.25, 0.3) is 0 Å². The SMILES string of the molecule is C[C@]12CC[C@H]3[C@@H](CCC4=CC(=O)CC[C@@]43C)[C@@H]1CC[C@@H]2OS(=O)(=O)O. The number of fused-ring (bicyclic) bond motifs is 5. The van der Waals surface area contributed by atoms with E-state index in [1.807, 2.05) is 6.08 Å². The summed E-state index contributed by atoms with van der Waals surface area (Å²) in [5, 5.41) is 0. The summed E-state index contributed by atoms with van der Waals surface area (Å²) in [5.74, 6) is 1.84. The molecule has 0 aromatic heterocycles. The van der Waals surface area contributed by atoms with Crippen molar-refractivity contribution in [1.82, 2.24) is 0 Å². The molecule has 1 N–H and O–H groups in total. The van der Waals surface area contributed by atoms with Gasteiger partial charge in [-0.1, -0.05) is 19.4 Å².